The predicted octanol–water partition coefficient (Wildman–Crippen LogP) is -12.4. The Balaban J connectivity index is 1.81. The van der Waals surface area contributed by atoms with Gasteiger partial charge in [-0.1, -0.05) is 70.2 Å². The molecular weight excluding hydrogens is 1900 g/mol. The van der Waals surface area contributed by atoms with Crippen LogP contribution in [0.1, 0.15) is 143 Å². The van der Waals surface area contributed by atoms with Gasteiger partial charge in [0.1, 0.15) is 102 Å². The Kier molecular flexibility index (Phi) is 53.1. The van der Waals surface area contributed by atoms with E-state index in [1.807, 2.05) is 10.6 Å². The first-order chi connectivity index (χ1) is 67.2. The van der Waals surface area contributed by atoms with Crippen molar-refractivity contribution in [1.82, 2.24) is 106 Å². The molecule has 3 rings (SSSR count). The van der Waals surface area contributed by atoms with E-state index >= 15 is 0 Å². The fourth-order valence-electron chi connectivity index (χ4n) is 13.3. The molecule has 3 aromatic rings. The molecule has 1 aromatic heterocycles. The number of nitrogens with zero attached hydrogens (tertiary/aromatic N) is 1. The van der Waals surface area contributed by atoms with E-state index < -0.39 is 354 Å². The first-order valence-corrected chi connectivity index (χ1v) is 45.2. The van der Waals surface area contributed by atoms with E-state index in [1.54, 1.807) is 19.9 Å². The van der Waals surface area contributed by atoms with Crippen molar-refractivity contribution in [1.29, 1.82) is 0 Å². The molecule has 1 heterocycles. The van der Waals surface area contributed by atoms with Crippen LogP contribution < -0.4 is 113 Å². The number of hydrogen-bond acceptors (Lipinski definition) is 32. The third kappa shape index (κ3) is 45.0. The number of H-pyrrole nitrogens is 1. The summed E-state index contributed by atoms with van der Waals surface area (Å²) in [7, 11) is 0. The topological polar surface area (TPSA) is 918 Å². The minimum absolute atomic E-state index is 0.0283. The molecule has 0 fully saturated rings. The maximum absolute atomic E-state index is 14.6. The summed E-state index contributed by atoms with van der Waals surface area (Å²) in [6.07, 6.45) is -6.17. The molecule has 0 unspecified atom stereocenters. The predicted molar refractivity (Wildman–Crippen MR) is 494 cm³/mol. The van der Waals surface area contributed by atoms with Crippen LogP contribution in [-0.4, -0.2) is 352 Å². The molecule has 19 amide bonds. The number of aliphatic carboxylic acids is 4. The second-order valence-corrected chi connectivity index (χ2v) is 34.1. The summed E-state index contributed by atoms with van der Waals surface area (Å²) in [5.74, 6) is -30.4. The number of phenolic OH excluding ortho intramolecular Hbond substituents is 1. The molecule has 2 aromatic carbocycles. The number of aromatic hydroxyl groups is 1. The van der Waals surface area contributed by atoms with Crippen LogP contribution in [0.5, 0.6) is 5.75 Å². The van der Waals surface area contributed by atoms with Crippen LogP contribution in [0.3, 0.4) is 0 Å². The van der Waals surface area contributed by atoms with Gasteiger partial charge in [-0.05, 0) is 114 Å². The van der Waals surface area contributed by atoms with Crippen LogP contribution >= 0.6 is 0 Å². The lowest BCUT2D eigenvalue weighted by Crippen LogP contribution is -2.63. The van der Waals surface area contributed by atoms with Crippen LogP contribution in [-0.2, 0) is 130 Å². The zero-order valence-corrected chi connectivity index (χ0v) is 79.7. The minimum atomic E-state index is -2.22. The van der Waals surface area contributed by atoms with E-state index in [2.05, 4.69) is 95.0 Å². The highest BCUT2D eigenvalue weighted by molar-refractivity contribution is 6.02. The number of rotatable bonds is 66. The van der Waals surface area contributed by atoms with Crippen LogP contribution in [0, 0.1) is 11.8 Å². The Bertz CT molecular complexity index is 4860. The van der Waals surface area contributed by atoms with Gasteiger partial charge in [0, 0.05) is 44.7 Å². The fraction of sp³-hybridized carbons (Fsp3) is 0.563. The highest BCUT2D eigenvalue weighted by Gasteiger charge is 2.41. The monoisotopic (exact) mass is 2030 g/mol. The number of aromatic nitrogens is 2. The number of nitrogens with one attached hydrogen (secondary N) is 19. The number of aliphatic hydroxyl groups excluding tert-OH is 5. The largest absolute Gasteiger partial charge is 0.508 e. The van der Waals surface area contributed by atoms with Crippen molar-refractivity contribution in [3.8, 4) is 5.75 Å². The number of carboxylic acids is 4. The lowest BCUT2D eigenvalue weighted by molar-refractivity contribution is -0.142. The van der Waals surface area contributed by atoms with Gasteiger partial charge in [0.05, 0.1) is 69.6 Å². The van der Waals surface area contributed by atoms with E-state index in [-0.39, 0.29) is 37.1 Å². The van der Waals surface area contributed by atoms with Crippen molar-refractivity contribution in [2.45, 2.75) is 260 Å². The summed E-state index contributed by atoms with van der Waals surface area (Å²) in [6.45, 7) is 4.62. The Labute approximate surface area is 818 Å². The number of carbonyl (C=O) groups is 23. The molecule has 0 aliphatic rings. The van der Waals surface area contributed by atoms with Gasteiger partial charge in [0.25, 0.3) is 0 Å². The molecule has 19 atom stereocenters. The number of phenols is 1. The fourth-order valence-corrected chi connectivity index (χ4v) is 13.3. The first-order valence-electron chi connectivity index (χ1n) is 45.2. The number of imidazole rings is 1. The SMILES string of the molecule is CC(C)C[C@H](NC(=O)[C@H](Cc1ccc(O)cc1)NC(=O)[C@H](CO)NC(=O)[C@H](CO)NC(=O)[C@@H](NC(=O)[C@H](CC(=O)O)NC(=O)[C@H](CO)NC(=O)[C@@H](NC(=O)[C@H](Cc1ccccc1)NC(=O)[C@@H](NC(=O)CNC(=O)[C@H](CCC(=O)O)NC(=O)[C@@H](N)Cc1c[nH]cn1)[C@@H](C)O)[C@@H](C)O)C(C)C)C(=O)N[C@@H](CCC(=O)O)C(=O)NCC(=O)N[C@@H](CCC(N)=O)C(=O)N[C@@H](C)C(=O)N[C@@H](C)C(=O)N[C@@H](CCCCN)C(=O)O. The van der Waals surface area contributed by atoms with E-state index in [4.69, 9.17) is 17.2 Å². The van der Waals surface area contributed by atoms with Gasteiger partial charge in [-0.15, -0.1) is 0 Å². The van der Waals surface area contributed by atoms with Crippen LogP contribution in [0.15, 0.2) is 67.1 Å². The average Bonchev–Trinajstić information content (AvgIpc) is 1.17. The Hall–Kier alpha value is -15.0. The maximum Gasteiger partial charge on any atom is 0.326 e. The minimum Gasteiger partial charge on any atom is -0.508 e. The number of carboxylic acid groups (broad SMARTS) is 4. The Morgan fingerprint density at radius 1 is 0.371 bits per heavy atom. The van der Waals surface area contributed by atoms with Crippen molar-refractivity contribution in [3.63, 3.8) is 0 Å². The lowest BCUT2D eigenvalue weighted by atomic mass is 10.00. The molecule has 0 radical (unpaired) electrons. The number of primary amides is 1. The first kappa shape index (κ1) is 122. The molecule has 0 spiro atoms. The molecule has 35 N–H and O–H groups in total. The number of benzene rings is 2. The van der Waals surface area contributed by atoms with Crippen LogP contribution in [0.4, 0.5) is 0 Å². The highest BCUT2D eigenvalue weighted by Crippen LogP contribution is 2.17. The van der Waals surface area contributed by atoms with Crippen molar-refractivity contribution < 1.29 is 161 Å². The number of aliphatic hydroxyl groups is 5. The van der Waals surface area contributed by atoms with E-state index in [0.717, 1.165) is 13.8 Å². The van der Waals surface area contributed by atoms with Gasteiger partial charge < -0.3 is 169 Å². The van der Waals surface area contributed by atoms with E-state index in [9.17, 15) is 161 Å². The average molecular weight is 2030 g/mol. The van der Waals surface area contributed by atoms with Gasteiger partial charge in [0.15, 0.2) is 0 Å². The molecule has 0 bridgehead atoms. The molecule has 0 saturated carbocycles. The summed E-state index contributed by atoms with van der Waals surface area (Å²) >= 11 is 0. The normalized spacial score (nSPS) is 15.1. The number of amides is 19. The van der Waals surface area contributed by atoms with E-state index in [0.29, 0.717) is 24.1 Å². The molecule has 56 heteroatoms. The zero-order chi connectivity index (χ0) is 108. The standard InChI is InChI=1S/C87H131N23O33/c1-40(2)28-55(77(132)99-52(23-26-66(122)123)75(130)92-34-63(118)97-53(21-24-62(90)117)76(131)96-42(5)71(126)95-43(6)72(127)100-54(87(142)143)16-12-13-27-88)101-78(133)56(30-47-17-19-49(116)20-18-47)102-81(136)59(36-111)105-83(138)61(38-113)106-84(139)68(41(3)4)109-80(135)58(32-67(124)125)103-82(137)60(37-112)107-86(141)70(45(8)115)110-79(134)57(29-46-14-10-9-11-15-46)104-85(140)69(44(7)114)108-64(119)35-93-74(129)51(22-25-65(120)121)98-73(128)50(89)31-48-33-91-39-94-48/h9-11,14-15,17-20,33,39-45,50-61,68-70,111-116H,12-13,16,21-32,34-38,88-89H2,1-8H3,(H2,90,117)(H,91,94)(H,92,130)(H,93,129)(H,95,126)(H,96,131)(H,97,118)(H,98,128)(H,99,132)(H,100,127)(H,101,133)(H,102,136)(H,103,137)(H,104,140)(H,105,138)(H,106,139)(H,107,141)(H,108,119)(H,109,135)(H,110,134)(H,120,121)(H,122,123)(H,124,125)(H,142,143)/t42-,43-,44+,45+,50-,51-,52-,53-,54-,55-,56-,57-,58-,59-,60-,61-,68-,69-,70-/m0/s1. The number of nitrogens with two attached hydrogens (primary N) is 3. The third-order valence-electron chi connectivity index (χ3n) is 21.2. The molecule has 56 nitrogen and oxygen atoms in total. The van der Waals surface area contributed by atoms with Crippen LogP contribution in [0.25, 0.3) is 0 Å². The highest BCUT2D eigenvalue weighted by atomic mass is 16.4. The maximum atomic E-state index is 14.6. The van der Waals surface area contributed by atoms with Crippen molar-refractivity contribution in [2.24, 2.45) is 29.0 Å². The summed E-state index contributed by atoms with van der Waals surface area (Å²) in [6, 6.07) is -17.4. The third-order valence-corrected chi connectivity index (χ3v) is 21.2. The number of aromatic amines is 1. The smallest absolute Gasteiger partial charge is 0.326 e. The molecular formula is C87H131N23O33. The van der Waals surface area contributed by atoms with Crippen molar-refractivity contribution >= 4 is 136 Å². The lowest BCUT2D eigenvalue weighted by Gasteiger charge is -2.29. The Morgan fingerprint density at radius 2 is 0.748 bits per heavy atom. The Morgan fingerprint density at radius 3 is 1.20 bits per heavy atom. The molecule has 0 aliphatic heterocycles. The molecule has 0 aliphatic carbocycles. The van der Waals surface area contributed by atoms with Gasteiger partial charge in [0.2, 0.25) is 112 Å². The van der Waals surface area contributed by atoms with Crippen molar-refractivity contribution in [3.05, 3.63) is 83.9 Å². The van der Waals surface area contributed by atoms with Gasteiger partial charge in [-0.2, -0.15) is 0 Å². The number of unbranched alkanes of at least 4 members (excludes halogenated alkanes) is 1. The van der Waals surface area contributed by atoms with Crippen molar-refractivity contribution in [2.75, 3.05) is 39.5 Å². The van der Waals surface area contributed by atoms with E-state index in [1.165, 1.54) is 88.8 Å². The quantitative estimate of drug-likeness (QED) is 0.0233. The zero-order valence-electron chi connectivity index (χ0n) is 79.7. The second-order valence-electron chi connectivity index (χ2n) is 34.1. The van der Waals surface area contributed by atoms with Gasteiger partial charge >= 0.3 is 23.9 Å². The summed E-state index contributed by atoms with van der Waals surface area (Å²) in [5, 5.41) is 142. The van der Waals surface area contributed by atoms with Crippen LogP contribution in [0.2, 0.25) is 0 Å². The molecule has 792 valence electrons. The summed E-state index contributed by atoms with van der Waals surface area (Å²) < 4.78 is 0. The number of carbonyl (C=O) groups excluding carboxylic acids is 19. The summed E-state index contributed by atoms with van der Waals surface area (Å²) in [4.78, 5) is 314. The van der Waals surface area contributed by atoms with Gasteiger partial charge in [-0.3, -0.25) is 105 Å². The number of hydrogen-bond donors (Lipinski definition) is 32. The molecule has 143 heavy (non-hydrogen) atoms. The summed E-state index contributed by atoms with van der Waals surface area (Å²) in [5.41, 5.74) is 17.7. The van der Waals surface area contributed by atoms with Gasteiger partial charge in [-0.25, -0.2) is 9.78 Å². The molecule has 0 saturated heterocycles. The second kappa shape index (κ2) is 62.2.